The van der Waals surface area contributed by atoms with Gasteiger partial charge >= 0.3 is 12.1 Å². The van der Waals surface area contributed by atoms with Crippen molar-refractivity contribution in [2.45, 2.75) is 12.7 Å². The molecule has 4 aromatic rings. The van der Waals surface area contributed by atoms with Crippen LogP contribution in [0.25, 0.3) is 11.3 Å². The van der Waals surface area contributed by atoms with E-state index in [9.17, 15) is 22.4 Å². The lowest BCUT2D eigenvalue weighted by Gasteiger charge is -2.12. The number of ether oxygens (including phenoxy) is 2. The molecule has 0 aliphatic heterocycles. The average Bonchev–Trinajstić information content (AvgIpc) is 2.84. The van der Waals surface area contributed by atoms with Crippen molar-refractivity contribution in [1.29, 1.82) is 0 Å². The zero-order chi connectivity index (χ0) is 25.5. The van der Waals surface area contributed by atoms with Gasteiger partial charge in [-0.05, 0) is 60.2 Å². The summed E-state index contributed by atoms with van der Waals surface area (Å²) in [6.07, 6.45) is -5.13. The smallest absolute Gasteiger partial charge is 0.457 e. The second-order valence-electron chi connectivity index (χ2n) is 7.41. The number of rotatable bonds is 8. The summed E-state index contributed by atoms with van der Waals surface area (Å²) < 4.78 is 62.2. The van der Waals surface area contributed by atoms with Crippen molar-refractivity contribution < 1.29 is 36.7 Å². The number of para-hydroxylation sites is 1. The number of hydroxylamine groups is 1. The molecule has 1 heterocycles. The second kappa shape index (κ2) is 10.9. The molecule has 3 aromatic carbocycles. The third-order valence-corrected chi connectivity index (χ3v) is 4.68. The number of hydrogen-bond acceptors (Lipinski definition) is 6. The van der Waals surface area contributed by atoms with Crippen LogP contribution >= 0.6 is 0 Å². The molecular formula is C26H18F4N2O4. The Labute approximate surface area is 203 Å². The Morgan fingerprint density at radius 1 is 0.806 bits per heavy atom. The fourth-order valence-corrected chi connectivity index (χ4v) is 3.07. The monoisotopic (exact) mass is 498 g/mol. The molecule has 0 aliphatic carbocycles. The van der Waals surface area contributed by atoms with Crippen LogP contribution in [0, 0.1) is 5.82 Å². The standard InChI is InChI=1S/C26H18F4N2O4/c27-19-11-9-18(10-12-19)23-13-17(16-31-36-25(33)26(28,29)30)14-24(32-23)35-22-8-4-7-21(15-22)34-20-5-2-1-3-6-20/h1-15,31H,16H2. The number of pyridine rings is 1. The van der Waals surface area contributed by atoms with Crippen LogP contribution in [0.5, 0.6) is 23.1 Å². The first-order valence-corrected chi connectivity index (χ1v) is 10.5. The number of carbonyl (C=O) groups is 1. The Bertz CT molecular complexity index is 1330. The summed E-state index contributed by atoms with van der Waals surface area (Å²) in [4.78, 5) is 19.4. The molecule has 0 amide bonds. The van der Waals surface area contributed by atoms with Gasteiger partial charge in [0.1, 0.15) is 23.1 Å². The van der Waals surface area contributed by atoms with Gasteiger partial charge in [-0.2, -0.15) is 13.2 Å². The summed E-state index contributed by atoms with van der Waals surface area (Å²) in [5, 5.41) is 0. The fourth-order valence-electron chi connectivity index (χ4n) is 3.07. The average molecular weight is 498 g/mol. The number of nitrogens with one attached hydrogen (secondary N) is 1. The van der Waals surface area contributed by atoms with Gasteiger partial charge in [-0.1, -0.05) is 24.3 Å². The van der Waals surface area contributed by atoms with Gasteiger partial charge in [-0.25, -0.2) is 14.2 Å². The Kier molecular flexibility index (Phi) is 7.45. The number of nitrogens with zero attached hydrogens (tertiary/aromatic N) is 1. The third kappa shape index (κ3) is 6.80. The van der Waals surface area contributed by atoms with Gasteiger partial charge in [-0.3, -0.25) is 0 Å². The predicted molar refractivity (Wildman–Crippen MR) is 122 cm³/mol. The summed E-state index contributed by atoms with van der Waals surface area (Å²) >= 11 is 0. The molecule has 0 aliphatic rings. The van der Waals surface area contributed by atoms with Crippen molar-refractivity contribution in [3.05, 3.63) is 102 Å². The molecule has 0 bridgehead atoms. The van der Waals surface area contributed by atoms with E-state index >= 15 is 0 Å². The number of halogens is 4. The van der Waals surface area contributed by atoms with Crippen LogP contribution in [0.3, 0.4) is 0 Å². The van der Waals surface area contributed by atoms with Crippen LogP contribution in [0.1, 0.15) is 5.56 Å². The molecule has 4 rings (SSSR count). The number of aromatic nitrogens is 1. The summed E-state index contributed by atoms with van der Waals surface area (Å²) in [6, 6.07) is 24.4. The zero-order valence-electron chi connectivity index (χ0n) is 18.5. The van der Waals surface area contributed by atoms with Crippen molar-refractivity contribution in [1.82, 2.24) is 10.5 Å². The van der Waals surface area contributed by atoms with E-state index in [2.05, 4.69) is 9.82 Å². The van der Waals surface area contributed by atoms with Crippen LogP contribution in [0.2, 0.25) is 0 Å². The summed E-state index contributed by atoms with van der Waals surface area (Å²) in [5.41, 5.74) is 3.29. The van der Waals surface area contributed by atoms with Gasteiger partial charge < -0.3 is 14.3 Å². The highest BCUT2D eigenvalue weighted by Gasteiger charge is 2.41. The molecule has 0 saturated carbocycles. The number of carbonyl (C=O) groups excluding carboxylic acids is 1. The number of hydrogen-bond donors (Lipinski definition) is 1. The molecule has 6 nitrogen and oxygen atoms in total. The lowest BCUT2D eigenvalue weighted by molar-refractivity contribution is -0.207. The minimum atomic E-state index is -5.13. The van der Waals surface area contributed by atoms with E-state index in [1.54, 1.807) is 42.5 Å². The molecule has 0 unspecified atom stereocenters. The van der Waals surface area contributed by atoms with E-state index in [0.29, 0.717) is 34.1 Å². The Balaban J connectivity index is 1.56. The first-order chi connectivity index (χ1) is 17.3. The maximum atomic E-state index is 13.4. The topological polar surface area (TPSA) is 69.7 Å². The van der Waals surface area contributed by atoms with Crippen molar-refractivity contribution in [2.75, 3.05) is 0 Å². The van der Waals surface area contributed by atoms with E-state index in [1.165, 1.54) is 30.3 Å². The molecule has 1 N–H and O–H groups in total. The molecule has 0 saturated heterocycles. The van der Waals surface area contributed by atoms with Crippen LogP contribution < -0.4 is 15.0 Å². The molecule has 0 radical (unpaired) electrons. The number of benzene rings is 3. The Hall–Kier alpha value is -4.44. The largest absolute Gasteiger partial charge is 0.492 e. The van der Waals surface area contributed by atoms with Crippen LogP contribution in [0.4, 0.5) is 17.6 Å². The van der Waals surface area contributed by atoms with Crippen LogP contribution in [-0.4, -0.2) is 17.1 Å². The molecular weight excluding hydrogens is 480 g/mol. The van der Waals surface area contributed by atoms with Gasteiger partial charge in [0.05, 0.1) is 12.2 Å². The van der Waals surface area contributed by atoms with Gasteiger partial charge in [-0.15, -0.1) is 5.48 Å². The Morgan fingerprint density at radius 2 is 1.47 bits per heavy atom. The van der Waals surface area contributed by atoms with Gasteiger partial charge in [0.2, 0.25) is 5.88 Å². The third-order valence-electron chi connectivity index (χ3n) is 4.68. The van der Waals surface area contributed by atoms with E-state index in [-0.39, 0.29) is 12.4 Å². The molecule has 0 fully saturated rings. The summed E-state index contributed by atoms with van der Waals surface area (Å²) in [7, 11) is 0. The molecule has 0 atom stereocenters. The van der Waals surface area contributed by atoms with E-state index < -0.39 is 18.0 Å². The van der Waals surface area contributed by atoms with Crippen molar-refractivity contribution >= 4 is 5.97 Å². The normalized spacial score (nSPS) is 11.1. The number of alkyl halides is 3. The summed E-state index contributed by atoms with van der Waals surface area (Å²) in [6.45, 7) is -0.272. The molecule has 0 spiro atoms. The predicted octanol–water partition coefficient (Wildman–Crippen LogP) is 6.58. The molecule has 1 aromatic heterocycles. The first-order valence-electron chi connectivity index (χ1n) is 10.5. The maximum Gasteiger partial charge on any atom is 0.492 e. The fraction of sp³-hybridized carbons (Fsp3) is 0.0769. The minimum absolute atomic E-state index is 0.104. The quantitative estimate of drug-likeness (QED) is 0.219. The van der Waals surface area contributed by atoms with Gasteiger partial charge in [0.15, 0.2) is 0 Å². The zero-order valence-corrected chi connectivity index (χ0v) is 18.5. The molecule has 36 heavy (non-hydrogen) atoms. The SMILES string of the molecule is O=C(ONCc1cc(Oc2cccc(Oc3ccccc3)c2)nc(-c2ccc(F)cc2)c1)C(F)(F)F. The first kappa shape index (κ1) is 24.7. The molecule has 10 heteroatoms. The second-order valence-corrected chi connectivity index (χ2v) is 7.41. The van der Waals surface area contributed by atoms with Crippen LogP contribution in [-0.2, 0) is 16.2 Å². The maximum absolute atomic E-state index is 13.4. The highest BCUT2D eigenvalue weighted by Crippen LogP contribution is 2.30. The highest BCUT2D eigenvalue weighted by molar-refractivity contribution is 5.75. The van der Waals surface area contributed by atoms with E-state index in [1.807, 2.05) is 23.7 Å². The van der Waals surface area contributed by atoms with Crippen molar-refractivity contribution in [3.8, 4) is 34.4 Å². The lowest BCUT2D eigenvalue weighted by Crippen LogP contribution is -2.31. The highest BCUT2D eigenvalue weighted by atomic mass is 19.4. The van der Waals surface area contributed by atoms with Gasteiger partial charge in [0, 0.05) is 17.7 Å². The van der Waals surface area contributed by atoms with E-state index in [4.69, 9.17) is 9.47 Å². The van der Waals surface area contributed by atoms with Crippen LogP contribution in [0.15, 0.2) is 91.0 Å². The Morgan fingerprint density at radius 3 is 2.17 bits per heavy atom. The molecule has 184 valence electrons. The van der Waals surface area contributed by atoms with Gasteiger partial charge in [0.25, 0.3) is 0 Å². The lowest BCUT2D eigenvalue weighted by atomic mass is 10.1. The summed E-state index contributed by atoms with van der Waals surface area (Å²) in [5.74, 6) is -1.19. The van der Waals surface area contributed by atoms with E-state index in [0.717, 1.165) is 0 Å². The van der Waals surface area contributed by atoms with Crippen molar-refractivity contribution in [3.63, 3.8) is 0 Å². The minimum Gasteiger partial charge on any atom is -0.457 e. The van der Waals surface area contributed by atoms with Crippen molar-refractivity contribution in [2.24, 2.45) is 0 Å².